The van der Waals surface area contributed by atoms with E-state index >= 15 is 0 Å². The lowest BCUT2D eigenvalue weighted by Gasteiger charge is -2.20. The summed E-state index contributed by atoms with van der Waals surface area (Å²) in [5.74, 6) is 1.21. The molecule has 144 valence electrons. The zero-order chi connectivity index (χ0) is 19.1. The Balaban J connectivity index is 1.42. The molecule has 1 aliphatic rings. The van der Waals surface area contributed by atoms with Gasteiger partial charge in [-0.2, -0.15) is 0 Å². The summed E-state index contributed by atoms with van der Waals surface area (Å²) in [6.07, 6.45) is 6.05. The molecule has 0 atom stereocenters. The number of nitrogens with one attached hydrogen (secondary N) is 1. The van der Waals surface area contributed by atoms with Crippen molar-refractivity contribution in [3.63, 3.8) is 0 Å². The van der Waals surface area contributed by atoms with Crippen LogP contribution in [0.25, 0.3) is 11.3 Å². The maximum absolute atomic E-state index is 12.0. The molecule has 0 saturated carbocycles. The second-order valence-corrected chi connectivity index (χ2v) is 7.05. The van der Waals surface area contributed by atoms with Gasteiger partial charge in [0.05, 0.1) is 11.2 Å². The van der Waals surface area contributed by atoms with Gasteiger partial charge in [-0.1, -0.05) is 30.2 Å². The van der Waals surface area contributed by atoms with Crippen LogP contribution in [0.5, 0.6) is 0 Å². The smallest absolute Gasteiger partial charge is 0.222 e. The van der Waals surface area contributed by atoms with Crippen molar-refractivity contribution in [1.82, 2.24) is 15.2 Å². The van der Waals surface area contributed by atoms with Crippen LogP contribution in [0, 0.1) is 0 Å². The predicted molar refractivity (Wildman–Crippen MR) is 103 cm³/mol. The van der Waals surface area contributed by atoms with Crippen LogP contribution in [0.3, 0.4) is 0 Å². The number of amides is 2. The number of hydrogen-bond acceptors (Lipinski definition) is 4. The molecule has 0 aliphatic carbocycles. The first-order valence-corrected chi connectivity index (χ1v) is 9.75. The molecule has 1 fully saturated rings. The SMILES string of the molecule is O=C(CCc1ncc(-c2ccccc2Cl)o1)NCCN1CCCCCC1=O. The molecule has 0 spiro atoms. The van der Waals surface area contributed by atoms with Gasteiger partial charge in [-0.3, -0.25) is 9.59 Å². The van der Waals surface area contributed by atoms with Gasteiger partial charge in [0.1, 0.15) is 0 Å². The Labute approximate surface area is 163 Å². The lowest BCUT2D eigenvalue weighted by molar-refractivity contribution is -0.131. The van der Waals surface area contributed by atoms with Crippen LogP contribution in [0.4, 0.5) is 0 Å². The maximum atomic E-state index is 12.0. The number of rotatable bonds is 7. The van der Waals surface area contributed by atoms with Crippen LogP contribution in [0.2, 0.25) is 5.02 Å². The van der Waals surface area contributed by atoms with Gasteiger partial charge in [0.15, 0.2) is 11.7 Å². The highest BCUT2D eigenvalue weighted by atomic mass is 35.5. The summed E-state index contributed by atoms with van der Waals surface area (Å²) >= 11 is 6.16. The number of benzene rings is 1. The van der Waals surface area contributed by atoms with E-state index in [4.69, 9.17) is 16.0 Å². The van der Waals surface area contributed by atoms with Crippen LogP contribution >= 0.6 is 11.6 Å². The minimum atomic E-state index is -0.0743. The van der Waals surface area contributed by atoms with Gasteiger partial charge in [-0.15, -0.1) is 0 Å². The molecule has 1 aromatic heterocycles. The number of aryl methyl sites for hydroxylation is 1. The van der Waals surface area contributed by atoms with Gasteiger partial charge in [-0.25, -0.2) is 4.98 Å². The van der Waals surface area contributed by atoms with E-state index in [9.17, 15) is 9.59 Å². The molecule has 2 aromatic rings. The second-order valence-electron chi connectivity index (χ2n) is 6.64. The van der Waals surface area contributed by atoms with E-state index < -0.39 is 0 Å². The summed E-state index contributed by atoms with van der Waals surface area (Å²) in [4.78, 5) is 30.0. The summed E-state index contributed by atoms with van der Waals surface area (Å²) in [6.45, 7) is 1.83. The molecule has 27 heavy (non-hydrogen) atoms. The molecule has 6 nitrogen and oxygen atoms in total. The molecule has 0 radical (unpaired) electrons. The molecule has 3 rings (SSSR count). The molecule has 1 aromatic carbocycles. The topological polar surface area (TPSA) is 75.4 Å². The minimum absolute atomic E-state index is 0.0743. The minimum Gasteiger partial charge on any atom is -0.441 e. The Morgan fingerprint density at radius 1 is 1.26 bits per heavy atom. The highest BCUT2D eigenvalue weighted by Crippen LogP contribution is 2.28. The normalized spacial score (nSPS) is 14.9. The van der Waals surface area contributed by atoms with Crippen molar-refractivity contribution < 1.29 is 14.0 Å². The van der Waals surface area contributed by atoms with E-state index in [0.717, 1.165) is 31.4 Å². The second kappa shape index (κ2) is 9.55. The van der Waals surface area contributed by atoms with E-state index in [-0.39, 0.29) is 18.2 Å². The fraction of sp³-hybridized carbons (Fsp3) is 0.450. The number of nitrogens with zero attached hydrogens (tertiary/aromatic N) is 2. The van der Waals surface area contributed by atoms with Gasteiger partial charge in [0.25, 0.3) is 0 Å². The van der Waals surface area contributed by atoms with Gasteiger partial charge in [0.2, 0.25) is 11.8 Å². The average Bonchev–Trinajstić information content (AvgIpc) is 3.04. The van der Waals surface area contributed by atoms with E-state index in [1.807, 2.05) is 23.1 Å². The lowest BCUT2D eigenvalue weighted by atomic mass is 10.2. The molecule has 2 heterocycles. The highest BCUT2D eigenvalue weighted by molar-refractivity contribution is 6.33. The van der Waals surface area contributed by atoms with Crippen LogP contribution in [-0.2, 0) is 16.0 Å². The van der Waals surface area contributed by atoms with Crippen molar-refractivity contribution in [2.45, 2.75) is 38.5 Å². The Hall–Kier alpha value is -2.34. The molecule has 7 heteroatoms. The third-order valence-electron chi connectivity index (χ3n) is 4.63. The predicted octanol–water partition coefficient (Wildman–Crippen LogP) is 3.45. The molecule has 0 unspecified atom stereocenters. The zero-order valence-electron chi connectivity index (χ0n) is 15.2. The van der Waals surface area contributed by atoms with Crippen molar-refractivity contribution >= 4 is 23.4 Å². The number of oxazole rings is 1. The number of carbonyl (C=O) groups excluding carboxylic acids is 2. The quantitative estimate of drug-likeness (QED) is 0.786. The molecule has 1 aliphatic heterocycles. The number of aromatic nitrogens is 1. The Kier molecular flexibility index (Phi) is 6.87. The van der Waals surface area contributed by atoms with Crippen molar-refractivity contribution in [2.24, 2.45) is 0 Å². The van der Waals surface area contributed by atoms with Gasteiger partial charge in [-0.05, 0) is 25.0 Å². The number of halogens is 1. The first kappa shape index (κ1) is 19.4. The zero-order valence-corrected chi connectivity index (χ0v) is 16.0. The molecule has 2 amide bonds. The van der Waals surface area contributed by atoms with Crippen LogP contribution in [-0.4, -0.2) is 41.3 Å². The van der Waals surface area contributed by atoms with Gasteiger partial charge in [0, 0.05) is 44.5 Å². The third-order valence-corrected chi connectivity index (χ3v) is 4.96. The van der Waals surface area contributed by atoms with Gasteiger partial charge < -0.3 is 14.6 Å². The van der Waals surface area contributed by atoms with E-state index in [1.165, 1.54) is 0 Å². The Bertz CT molecular complexity index is 790. The van der Waals surface area contributed by atoms with Gasteiger partial charge >= 0.3 is 0 Å². The fourth-order valence-electron chi connectivity index (χ4n) is 3.13. The Morgan fingerprint density at radius 3 is 2.96 bits per heavy atom. The van der Waals surface area contributed by atoms with E-state index in [2.05, 4.69) is 10.3 Å². The monoisotopic (exact) mass is 389 g/mol. The molecular formula is C20H24ClN3O3. The fourth-order valence-corrected chi connectivity index (χ4v) is 3.35. The Morgan fingerprint density at radius 2 is 2.11 bits per heavy atom. The summed E-state index contributed by atoms with van der Waals surface area (Å²) in [6, 6.07) is 7.39. The number of likely N-dealkylation sites (tertiary alicyclic amines) is 1. The largest absolute Gasteiger partial charge is 0.441 e. The molecule has 1 N–H and O–H groups in total. The molecular weight excluding hydrogens is 366 g/mol. The summed E-state index contributed by atoms with van der Waals surface area (Å²) < 4.78 is 5.70. The standard InChI is InChI=1S/C20H24ClN3O3/c21-16-7-4-3-6-15(16)17-14-23-19(27-17)10-9-18(25)22-11-13-24-12-5-1-2-8-20(24)26/h3-4,6-7,14H,1-2,5,8-13H2,(H,22,25). The number of carbonyl (C=O) groups is 2. The molecule has 1 saturated heterocycles. The molecule has 0 bridgehead atoms. The average molecular weight is 390 g/mol. The summed E-state index contributed by atoms with van der Waals surface area (Å²) in [5, 5.41) is 3.46. The third kappa shape index (κ3) is 5.57. The van der Waals surface area contributed by atoms with Crippen LogP contribution in [0.1, 0.15) is 38.0 Å². The number of hydrogen-bond donors (Lipinski definition) is 1. The van der Waals surface area contributed by atoms with Crippen molar-refractivity contribution in [1.29, 1.82) is 0 Å². The van der Waals surface area contributed by atoms with E-state index in [0.29, 0.717) is 42.6 Å². The first-order valence-electron chi connectivity index (χ1n) is 9.37. The van der Waals surface area contributed by atoms with Crippen molar-refractivity contribution in [3.8, 4) is 11.3 Å². The highest BCUT2D eigenvalue weighted by Gasteiger charge is 2.16. The van der Waals surface area contributed by atoms with Crippen molar-refractivity contribution in [3.05, 3.63) is 41.4 Å². The maximum Gasteiger partial charge on any atom is 0.222 e. The van der Waals surface area contributed by atoms with Crippen molar-refractivity contribution in [2.75, 3.05) is 19.6 Å². The summed E-state index contributed by atoms with van der Waals surface area (Å²) in [5.41, 5.74) is 0.782. The van der Waals surface area contributed by atoms with Crippen LogP contribution < -0.4 is 5.32 Å². The van der Waals surface area contributed by atoms with Crippen LogP contribution in [0.15, 0.2) is 34.9 Å². The summed E-state index contributed by atoms with van der Waals surface area (Å²) in [7, 11) is 0. The van der Waals surface area contributed by atoms with E-state index in [1.54, 1.807) is 12.3 Å². The lowest BCUT2D eigenvalue weighted by Crippen LogP contribution is -2.38. The first-order chi connectivity index (χ1) is 13.1.